The number of anilines is 1. The monoisotopic (exact) mass is 534 g/mol. The Hall–Kier alpha value is -3.17. The number of methoxy groups -OCH3 is 1. The minimum Gasteiger partial charge on any atom is -0.497 e. The van der Waals surface area contributed by atoms with Crippen LogP contribution in [0.15, 0.2) is 53.0 Å². The SMILES string of the molecule is COc1ccc(CN2CCOc3cc([N+](=O)[O-])c(C(=O)c4cc(F)ccc4Cl)c(Br)c32)cc1. The maximum Gasteiger partial charge on any atom is 0.285 e. The van der Waals surface area contributed by atoms with Gasteiger partial charge in [-0.05, 0) is 51.8 Å². The second-order valence-corrected chi connectivity index (χ2v) is 8.46. The third-order valence-electron chi connectivity index (χ3n) is 5.25. The van der Waals surface area contributed by atoms with Crippen LogP contribution in [-0.2, 0) is 6.54 Å². The van der Waals surface area contributed by atoms with Gasteiger partial charge >= 0.3 is 0 Å². The highest BCUT2D eigenvalue weighted by molar-refractivity contribution is 9.10. The molecule has 0 saturated heterocycles. The molecule has 0 bridgehead atoms. The zero-order chi connectivity index (χ0) is 23.7. The first-order valence-electron chi connectivity index (χ1n) is 9.81. The molecule has 0 atom stereocenters. The fourth-order valence-electron chi connectivity index (χ4n) is 3.66. The number of halogens is 3. The van der Waals surface area contributed by atoms with Gasteiger partial charge < -0.3 is 14.4 Å². The summed E-state index contributed by atoms with van der Waals surface area (Å²) in [6.45, 7) is 1.27. The Morgan fingerprint density at radius 1 is 1.27 bits per heavy atom. The number of rotatable bonds is 6. The molecule has 33 heavy (non-hydrogen) atoms. The first kappa shape index (κ1) is 23.0. The summed E-state index contributed by atoms with van der Waals surface area (Å²) in [4.78, 5) is 26.4. The number of nitro benzene ring substituents is 1. The second kappa shape index (κ2) is 9.36. The normalized spacial score (nSPS) is 12.7. The van der Waals surface area contributed by atoms with Crippen molar-refractivity contribution in [2.24, 2.45) is 0 Å². The molecule has 10 heteroatoms. The lowest BCUT2D eigenvalue weighted by Crippen LogP contribution is -2.33. The number of nitro groups is 1. The van der Waals surface area contributed by atoms with E-state index in [1.165, 1.54) is 12.1 Å². The Labute approximate surface area is 202 Å². The van der Waals surface area contributed by atoms with Crippen LogP contribution in [0.25, 0.3) is 0 Å². The average Bonchev–Trinajstić information content (AvgIpc) is 2.80. The van der Waals surface area contributed by atoms with Gasteiger partial charge in [-0.25, -0.2) is 4.39 Å². The number of benzene rings is 3. The maximum absolute atomic E-state index is 13.8. The highest BCUT2D eigenvalue weighted by atomic mass is 79.9. The summed E-state index contributed by atoms with van der Waals surface area (Å²) in [6, 6.07) is 12.0. The summed E-state index contributed by atoms with van der Waals surface area (Å²) in [5, 5.41) is 11.8. The molecule has 0 saturated carbocycles. The summed E-state index contributed by atoms with van der Waals surface area (Å²) < 4.78 is 24.9. The van der Waals surface area contributed by atoms with E-state index >= 15 is 0 Å². The van der Waals surface area contributed by atoms with E-state index in [1.807, 2.05) is 29.2 Å². The minimum absolute atomic E-state index is 0.00772. The van der Waals surface area contributed by atoms with Crippen molar-refractivity contribution in [3.63, 3.8) is 0 Å². The third-order valence-corrected chi connectivity index (χ3v) is 6.35. The molecule has 0 radical (unpaired) electrons. The predicted octanol–water partition coefficient (Wildman–Crippen LogP) is 5.79. The Bertz CT molecular complexity index is 1250. The van der Waals surface area contributed by atoms with Crippen LogP contribution < -0.4 is 14.4 Å². The van der Waals surface area contributed by atoms with Crippen LogP contribution >= 0.6 is 27.5 Å². The fourth-order valence-corrected chi connectivity index (χ4v) is 4.69. The lowest BCUT2D eigenvalue weighted by Gasteiger charge is -2.32. The molecule has 0 spiro atoms. The van der Waals surface area contributed by atoms with Gasteiger partial charge in [0, 0.05) is 12.1 Å². The van der Waals surface area contributed by atoms with E-state index < -0.39 is 22.2 Å². The lowest BCUT2D eigenvalue weighted by molar-refractivity contribution is -0.385. The topological polar surface area (TPSA) is 81.9 Å². The van der Waals surface area contributed by atoms with E-state index in [0.29, 0.717) is 25.4 Å². The van der Waals surface area contributed by atoms with E-state index in [-0.39, 0.29) is 26.4 Å². The van der Waals surface area contributed by atoms with Crippen LogP contribution in [0.5, 0.6) is 11.5 Å². The van der Waals surface area contributed by atoms with Gasteiger partial charge in [-0.15, -0.1) is 0 Å². The van der Waals surface area contributed by atoms with Gasteiger partial charge in [-0.1, -0.05) is 23.7 Å². The van der Waals surface area contributed by atoms with Gasteiger partial charge in [0.05, 0.1) is 39.8 Å². The van der Waals surface area contributed by atoms with Gasteiger partial charge in [0.1, 0.15) is 23.7 Å². The lowest BCUT2D eigenvalue weighted by atomic mass is 9.99. The molecule has 3 aromatic carbocycles. The van der Waals surface area contributed by atoms with Crippen LogP contribution in [-0.4, -0.2) is 31.0 Å². The molecule has 0 N–H and O–H groups in total. The molecule has 0 amide bonds. The van der Waals surface area contributed by atoms with Gasteiger partial charge in [-0.2, -0.15) is 0 Å². The quantitative estimate of drug-likeness (QED) is 0.226. The standard InChI is InChI=1S/C23H17BrClFN2O5/c1-32-15-5-2-13(3-6-15)12-27-8-9-33-19-11-18(28(30)31)20(21(24)22(19)27)23(29)16-10-14(26)4-7-17(16)25/h2-7,10-11H,8-9,12H2,1H3. The summed E-state index contributed by atoms with van der Waals surface area (Å²) in [5.41, 5.74) is 0.612. The zero-order valence-corrected chi connectivity index (χ0v) is 19.7. The van der Waals surface area contributed by atoms with Crippen molar-refractivity contribution in [2.75, 3.05) is 25.2 Å². The molecule has 7 nitrogen and oxygen atoms in total. The molecular formula is C23H17BrClFN2O5. The Morgan fingerprint density at radius 2 is 2.00 bits per heavy atom. The molecule has 4 rings (SSSR count). The van der Waals surface area contributed by atoms with E-state index in [1.54, 1.807) is 7.11 Å². The van der Waals surface area contributed by atoms with Crippen molar-refractivity contribution in [3.8, 4) is 11.5 Å². The number of nitrogens with zero attached hydrogens (tertiary/aromatic N) is 2. The molecule has 0 aromatic heterocycles. The Balaban J connectivity index is 1.83. The van der Waals surface area contributed by atoms with Crippen LogP contribution in [0, 0.1) is 15.9 Å². The number of ketones is 1. The smallest absolute Gasteiger partial charge is 0.285 e. The molecule has 3 aromatic rings. The van der Waals surface area contributed by atoms with Crippen molar-refractivity contribution in [2.45, 2.75) is 6.54 Å². The number of ether oxygens (including phenoxy) is 2. The minimum atomic E-state index is -0.768. The molecule has 0 aliphatic carbocycles. The average molecular weight is 536 g/mol. The van der Waals surface area contributed by atoms with Crippen molar-refractivity contribution >= 4 is 44.7 Å². The molecule has 1 heterocycles. The van der Waals surface area contributed by atoms with Gasteiger partial charge in [0.25, 0.3) is 5.69 Å². The zero-order valence-electron chi connectivity index (χ0n) is 17.3. The number of carbonyl (C=O) groups excluding carboxylic acids is 1. The van der Waals surface area contributed by atoms with Gasteiger partial charge in [-0.3, -0.25) is 14.9 Å². The van der Waals surface area contributed by atoms with Crippen LogP contribution in [0.1, 0.15) is 21.5 Å². The van der Waals surface area contributed by atoms with Gasteiger partial charge in [0.2, 0.25) is 5.78 Å². The Kier molecular flexibility index (Phi) is 6.53. The number of hydrogen-bond acceptors (Lipinski definition) is 6. The second-order valence-electron chi connectivity index (χ2n) is 7.26. The third kappa shape index (κ3) is 4.51. The summed E-state index contributed by atoms with van der Waals surface area (Å²) >= 11 is 9.51. The molecule has 1 aliphatic rings. The number of hydrogen-bond donors (Lipinski definition) is 0. The van der Waals surface area contributed by atoms with E-state index in [9.17, 15) is 19.3 Å². The van der Waals surface area contributed by atoms with E-state index in [0.717, 1.165) is 23.4 Å². The highest BCUT2D eigenvalue weighted by Gasteiger charge is 2.34. The van der Waals surface area contributed by atoms with Crippen LogP contribution in [0.3, 0.4) is 0 Å². The number of fused-ring (bicyclic) bond motifs is 1. The summed E-state index contributed by atoms with van der Waals surface area (Å²) in [5.74, 6) is -0.451. The largest absolute Gasteiger partial charge is 0.497 e. The summed E-state index contributed by atoms with van der Waals surface area (Å²) in [6.07, 6.45) is 0. The molecule has 0 unspecified atom stereocenters. The van der Waals surface area contributed by atoms with E-state index in [2.05, 4.69) is 15.9 Å². The molecular weight excluding hydrogens is 519 g/mol. The molecule has 170 valence electrons. The maximum atomic E-state index is 13.8. The number of carbonyl (C=O) groups is 1. The van der Waals surface area contributed by atoms with Crippen LogP contribution in [0.4, 0.5) is 15.8 Å². The predicted molar refractivity (Wildman–Crippen MR) is 125 cm³/mol. The van der Waals surface area contributed by atoms with Crippen molar-refractivity contribution in [1.82, 2.24) is 0 Å². The van der Waals surface area contributed by atoms with Crippen molar-refractivity contribution in [3.05, 3.63) is 90.6 Å². The van der Waals surface area contributed by atoms with E-state index in [4.69, 9.17) is 21.1 Å². The highest BCUT2D eigenvalue weighted by Crippen LogP contribution is 2.46. The fraction of sp³-hybridized carbons (Fsp3) is 0.174. The summed E-state index contributed by atoms with van der Waals surface area (Å²) in [7, 11) is 1.58. The molecule has 0 fully saturated rings. The van der Waals surface area contributed by atoms with Crippen LogP contribution in [0.2, 0.25) is 5.02 Å². The molecule has 1 aliphatic heterocycles. The first-order valence-corrected chi connectivity index (χ1v) is 11.0. The van der Waals surface area contributed by atoms with Crippen molar-refractivity contribution in [1.29, 1.82) is 0 Å². The first-order chi connectivity index (χ1) is 15.8. The van der Waals surface area contributed by atoms with Gasteiger partial charge in [0.15, 0.2) is 5.75 Å². The van der Waals surface area contributed by atoms with Crippen molar-refractivity contribution < 1.29 is 23.6 Å². The Morgan fingerprint density at radius 3 is 2.67 bits per heavy atom.